The molecule has 0 aliphatic rings. The summed E-state index contributed by atoms with van der Waals surface area (Å²) in [5.74, 6) is -1.44. The summed E-state index contributed by atoms with van der Waals surface area (Å²) in [5.41, 5.74) is 4.81. The molecule has 3 rings (SSSR count). The molecule has 6 nitrogen and oxygen atoms in total. The Bertz CT molecular complexity index is 1180. The Balaban J connectivity index is 1.68. The fraction of sp³-hybridized carbons (Fsp3) is 0.0870. The number of esters is 1. The second kappa shape index (κ2) is 11.0. The first kappa shape index (κ1) is 23.6. The highest BCUT2D eigenvalue weighted by atomic mass is 79.9. The van der Waals surface area contributed by atoms with E-state index >= 15 is 0 Å². The first-order chi connectivity index (χ1) is 15.3. The summed E-state index contributed by atoms with van der Waals surface area (Å²) in [6.07, 6.45) is 1.36. The number of nitrogens with zero attached hydrogens (tertiary/aromatic N) is 1. The summed E-state index contributed by atoms with van der Waals surface area (Å²) < 4.78 is 20.1. The second-order valence-corrected chi connectivity index (χ2v) is 8.49. The lowest BCUT2D eigenvalue weighted by Crippen LogP contribution is -2.25. The third-order valence-corrected chi connectivity index (χ3v) is 5.20. The summed E-state index contributed by atoms with van der Waals surface area (Å²) in [7, 11) is 0. The van der Waals surface area contributed by atoms with Crippen LogP contribution in [0.3, 0.4) is 0 Å². The zero-order valence-electron chi connectivity index (χ0n) is 16.9. The molecule has 0 heterocycles. The molecule has 3 aromatic rings. The van der Waals surface area contributed by atoms with Crippen LogP contribution in [0.5, 0.6) is 5.75 Å². The minimum atomic E-state index is -0.728. The lowest BCUT2D eigenvalue weighted by Gasteiger charge is -2.11. The number of anilines is 1. The van der Waals surface area contributed by atoms with E-state index in [1.807, 2.05) is 31.2 Å². The SMILES string of the molecule is Cc1cccc(NCC(=O)NN=Cc2cc(Br)cc(Br)c2OC(=O)c2cccc(F)c2)c1. The van der Waals surface area contributed by atoms with Gasteiger partial charge in [0.1, 0.15) is 5.82 Å². The van der Waals surface area contributed by atoms with Crippen LogP contribution in [0.15, 0.2) is 74.7 Å². The molecule has 0 aliphatic heterocycles. The number of amides is 1. The van der Waals surface area contributed by atoms with Gasteiger partial charge in [-0.15, -0.1) is 0 Å². The number of halogens is 3. The molecule has 9 heteroatoms. The number of ether oxygens (including phenoxy) is 1. The molecule has 1 amide bonds. The maximum atomic E-state index is 13.4. The minimum Gasteiger partial charge on any atom is -0.421 e. The van der Waals surface area contributed by atoms with Gasteiger partial charge in [-0.1, -0.05) is 34.1 Å². The lowest BCUT2D eigenvalue weighted by atomic mass is 10.2. The Labute approximate surface area is 201 Å². The van der Waals surface area contributed by atoms with Crippen molar-refractivity contribution in [3.05, 3.63) is 92.1 Å². The first-order valence-electron chi connectivity index (χ1n) is 9.41. The number of nitrogens with one attached hydrogen (secondary N) is 2. The molecule has 0 aliphatic carbocycles. The van der Waals surface area contributed by atoms with Crippen molar-refractivity contribution < 1.29 is 18.7 Å². The second-order valence-electron chi connectivity index (χ2n) is 6.72. The Kier molecular flexibility index (Phi) is 8.13. The molecule has 0 aromatic heterocycles. The van der Waals surface area contributed by atoms with E-state index in [1.54, 1.807) is 12.1 Å². The molecule has 3 aromatic carbocycles. The number of rotatable bonds is 7. The fourth-order valence-corrected chi connectivity index (χ4v) is 4.04. The standard InChI is InChI=1S/C23H18Br2FN3O3/c1-14-4-2-7-19(8-14)27-13-21(30)29-28-12-16-9-17(24)11-20(25)22(16)32-23(31)15-5-3-6-18(26)10-15/h2-12,27H,13H2,1H3,(H,29,30). The summed E-state index contributed by atoms with van der Waals surface area (Å²) in [4.78, 5) is 24.5. The topological polar surface area (TPSA) is 79.8 Å². The van der Waals surface area contributed by atoms with Gasteiger partial charge in [0.15, 0.2) is 5.75 Å². The van der Waals surface area contributed by atoms with Gasteiger partial charge in [0, 0.05) is 15.7 Å². The highest BCUT2D eigenvalue weighted by Gasteiger charge is 2.16. The van der Waals surface area contributed by atoms with Gasteiger partial charge >= 0.3 is 5.97 Å². The average molecular weight is 563 g/mol. The summed E-state index contributed by atoms with van der Waals surface area (Å²) in [5, 5.41) is 6.96. The van der Waals surface area contributed by atoms with E-state index in [4.69, 9.17) is 4.74 Å². The predicted octanol–water partition coefficient (Wildman–Crippen LogP) is 5.44. The van der Waals surface area contributed by atoms with Crippen molar-refractivity contribution in [3.8, 4) is 5.75 Å². The number of hydrogen-bond acceptors (Lipinski definition) is 5. The van der Waals surface area contributed by atoms with E-state index in [0.29, 0.717) is 14.5 Å². The molecule has 0 unspecified atom stereocenters. The molecular weight excluding hydrogens is 545 g/mol. The van der Waals surface area contributed by atoms with Crippen molar-refractivity contribution in [1.82, 2.24) is 5.43 Å². The smallest absolute Gasteiger partial charge is 0.343 e. The Hall–Kier alpha value is -3.04. The molecular formula is C23H18Br2FN3O3. The zero-order valence-corrected chi connectivity index (χ0v) is 20.0. The fourth-order valence-electron chi connectivity index (χ4n) is 2.70. The number of benzene rings is 3. The molecule has 2 N–H and O–H groups in total. The summed E-state index contributed by atoms with van der Waals surface area (Å²) in [6.45, 7) is 1.99. The molecule has 0 radical (unpaired) electrons. The van der Waals surface area contributed by atoms with Crippen LogP contribution in [0.25, 0.3) is 0 Å². The summed E-state index contributed by atoms with van der Waals surface area (Å²) >= 11 is 6.72. The number of carbonyl (C=O) groups is 2. The van der Waals surface area contributed by atoms with Crippen LogP contribution in [-0.4, -0.2) is 24.6 Å². The van der Waals surface area contributed by atoms with Crippen LogP contribution in [-0.2, 0) is 4.79 Å². The van der Waals surface area contributed by atoms with E-state index in [9.17, 15) is 14.0 Å². The Morgan fingerprint density at radius 1 is 1.09 bits per heavy atom. The van der Waals surface area contributed by atoms with Crippen LogP contribution in [0, 0.1) is 12.7 Å². The normalized spacial score (nSPS) is 10.8. The summed E-state index contributed by atoms with van der Waals surface area (Å²) in [6, 6.07) is 16.2. The quantitative estimate of drug-likeness (QED) is 0.174. The van der Waals surface area contributed by atoms with Crippen LogP contribution >= 0.6 is 31.9 Å². The number of hydrazone groups is 1. The predicted molar refractivity (Wildman–Crippen MR) is 129 cm³/mol. The largest absolute Gasteiger partial charge is 0.421 e. The van der Waals surface area contributed by atoms with E-state index in [2.05, 4.69) is 47.7 Å². The monoisotopic (exact) mass is 561 g/mol. The maximum absolute atomic E-state index is 13.4. The van der Waals surface area contributed by atoms with Crippen molar-refractivity contribution in [2.24, 2.45) is 5.10 Å². The van der Waals surface area contributed by atoms with E-state index < -0.39 is 11.8 Å². The van der Waals surface area contributed by atoms with Crippen molar-refractivity contribution in [2.45, 2.75) is 6.92 Å². The van der Waals surface area contributed by atoms with E-state index in [0.717, 1.165) is 17.3 Å². The Morgan fingerprint density at radius 3 is 2.62 bits per heavy atom. The van der Waals surface area contributed by atoms with Crippen molar-refractivity contribution >= 4 is 55.6 Å². The van der Waals surface area contributed by atoms with E-state index in [-0.39, 0.29) is 23.8 Å². The molecule has 32 heavy (non-hydrogen) atoms. The number of carbonyl (C=O) groups excluding carboxylic acids is 2. The highest BCUT2D eigenvalue weighted by Crippen LogP contribution is 2.32. The molecule has 0 atom stereocenters. The number of aryl methyl sites for hydroxylation is 1. The van der Waals surface area contributed by atoms with Crippen molar-refractivity contribution in [2.75, 3.05) is 11.9 Å². The van der Waals surface area contributed by atoms with Gasteiger partial charge in [-0.2, -0.15) is 5.10 Å². The third-order valence-electron chi connectivity index (χ3n) is 4.16. The molecule has 0 fully saturated rings. The van der Waals surface area contributed by atoms with Crippen LogP contribution in [0.2, 0.25) is 0 Å². The Morgan fingerprint density at radius 2 is 1.88 bits per heavy atom. The van der Waals surface area contributed by atoms with Gasteiger partial charge < -0.3 is 10.1 Å². The van der Waals surface area contributed by atoms with Gasteiger partial charge in [0.05, 0.1) is 22.8 Å². The average Bonchev–Trinajstić information content (AvgIpc) is 2.74. The van der Waals surface area contributed by atoms with Crippen LogP contribution < -0.4 is 15.5 Å². The third kappa shape index (κ3) is 6.73. The van der Waals surface area contributed by atoms with Crippen LogP contribution in [0.4, 0.5) is 10.1 Å². The molecule has 0 spiro atoms. The molecule has 0 saturated carbocycles. The molecule has 164 valence electrons. The van der Waals surface area contributed by atoms with Gasteiger partial charge in [0.2, 0.25) is 0 Å². The van der Waals surface area contributed by atoms with Gasteiger partial charge in [-0.3, -0.25) is 4.79 Å². The van der Waals surface area contributed by atoms with Crippen molar-refractivity contribution in [1.29, 1.82) is 0 Å². The van der Waals surface area contributed by atoms with Gasteiger partial charge in [0.25, 0.3) is 5.91 Å². The molecule has 0 bridgehead atoms. The first-order valence-corrected chi connectivity index (χ1v) is 11.0. The number of hydrogen-bond donors (Lipinski definition) is 2. The minimum absolute atomic E-state index is 0.0321. The lowest BCUT2D eigenvalue weighted by molar-refractivity contribution is -0.119. The maximum Gasteiger partial charge on any atom is 0.343 e. The van der Waals surface area contributed by atoms with Crippen molar-refractivity contribution in [3.63, 3.8) is 0 Å². The highest BCUT2D eigenvalue weighted by molar-refractivity contribution is 9.11. The van der Waals surface area contributed by atoms with E-state index in [1.165, 1.54) is 24.4 Å². The zero-order chi connectivity index (χ0) is 23.1. The van der Waals surface area contributed by atoms with Crippen LogP contribution in [0.1, 0.15) is 21.5 Å². The van der Waals surface area contributed by atoms with Gasteiger partial charge in [-0.05, 0) is 70.9 Å². The van der Waals surface area contributed by atoms with Gasteiger partial charge in [-0.25, -0.2) is 14.6 Å². The molecule has 0 saturated heterocycles.